The Morgan fingerprint density at radius 1 is 1.15 bits per heavy atom. The first-order chi connectivity index (χ1) is 12.6. The lowest BCUT2D eigenvalue weighted by Crippen LogP contribution is -2.10. The summed E-state index contributed by atoms with van der Waals surface area (Å²) in [6.45, 7) is 2.05. The highest BCUT2D eigenvalue weighted by Crippen LogP contribution is 2.31. The molecule has 0 N–H and O–H groups in total. The van der Waals surface area contributed by atoms with Crippen LogP contribution in [0.5, 0.6) is 0 Å². The molecule has 6 heteroatoms. The number of thiazole rings is 1. The van der Waals surface area contributed by atoms with Gasteiger partial charge in [-0.05, 0) is 13.0 Å². The average Bonchev–Trinajstić information content (AvgIpc) is 3.08. The number of hydrogen-bond donors (Lipinski definition) is 0. The number of nitrogens with zero attached hydrogens (tertiary/aromatic N) is 3. The van der Waals surface area contributed by atoms with Gasteiger partial charge in [-0.15, -0.1) is 0 Å². The van der Waals surface area contributed by atoms with E-state index < -0.39 is 0 Å². The second-order valence-corrected chi connectivity index (χ2v) is 6.80. The van der Waals surface area contributed by atoms with Crippen LogP contribution in [0, 0.1) is 6.92 Å². The minimum absolute atomic E-state index is 0.383. The largest absolute Gasteiger partial charge is 0.465 e. The molecule has 5 nitrogen and oxygen atoms in total. The predicted molar refractivity (Wildman–Crippen MR) is 106 cm³/mol. The molecule has 0 saturated heterocycles. The predicted octanol–water partition coefficient (Wildman–Crippen LogP) is 4.38. The highest BCUT2D eigenvalue weighted by Gasteiger charge is 2.13. The number of ether oxygens (including phenoxy) is 1. The van der Waals surface area contributed by atoms with E-state index in [9.17, 15) is 4.79 Å². The van der Waals surface area contributed by atoms with Crippen LogP contribution in [-0.2, 0) is 4.74 Å². The molecule has 0 fully saturated rings. The van der Waals surface area contributed by atoms with Crippen LogP contribution in [0.4, 0.5) is 5.13 Å². The third kappa shape index (κ3) is 3.81. The fourth-order valence-corrected chi connectivity index (χ4v) is 3.34. The van der Waals surface area contributed by atoms with Gasteiger partial charge in [0.15, 0.2) is 0 Å². The topological polar surface area (TPSA) is 54.8 Å². The van der Waals surface area contributed by atoms with Crippen LogP contribution in [0.25, 0.3) is 11.3 Å². The number of aromatic nitrogens is 1. The van der Waals surface area contributed by atoms with E-state index in [0.717, 1.165) is 21.3 Å². The molecule has 0 saturated carbocycles. The van der Waals surface area contributed by atoms with Crippen molar-refractivity contribution in [1.29, 1.82) is 0 Å². The Balaban J connectivity index is 1.84. The molecule has 0 spiro atoms. The van der Waals surface area contributed by atoms with Gasteiger partial charge < -0.3 is 4.74 Å². The lowest BCUT2D eigenvalue weighted by atomic mass is 10.1. The lowest BCUT2D eigenvalue weighted by molar-refractivity contribution is 0.0600. The minimum atomic E-state index is -0.383. The molecule has 26 heavy (non-hydrogen) atoms. The number of rotatable bonds is 5. The zero-order chi connectivity index (χ0) is 18.5. The summed E-state index contributed by atoms with van der Waals surface area (Å²) in [5.41, 5.74) is 3.22. The van der Waals surface area contributed by atoms with Gasteiger partial charge in [-0.3, -0.25) is 0 Å². The van der Waals surface area contributed by atoms with Gasteiger partial charge in [0.25, 0.3) is 0 Å². The van der Waals surface area contributed by atoms with Crippen LogP contribution >= 0.6 is 11.3 Å². The molecule has 0 aliphatic rings. The summed E-state index contributed by atoms with van der Waals surface area (Å²) >= 11 is 1.58. The number of esters is 1. The summed E-state index contributed by atoms with van der Waals surface area (Å²) in [6.07, 6.45) is 1.64. The molecule has 132 valence electrons. The van der Waals surface area contributed by atoms with Crippen molar-refractivity contribution in [2.45, 2.75) is 6.92 Å². The average molecular weight is 365 g/mol. The molecule has 0 radical (unpaired) electrons. The zero-order valence-corrected chi connectivity index (χ0v) is 15.7. The van der Waals surface area contributed by atoms with Crippen LogP contribution in [0.2, 0.25) is 0 Å². The molecule has 0 amide bonds. The molecule has 0 bridgehead atoms. The van der Waals surface area contributed by atoms with Crippen LogP contribution in [-0.4, -0.2) is 31.3 Å². The van der Waals surface area contributed by atoms with E-state index in [0.29, 0.717) is 11.1 Å². The van der Waals surface area contributed by atoms with Gasteiger partial charge in [0.2, 0.25) is 5.13 Å². The molecular weight excluding hydrogens is 346 g/mol. The highest BCUT2D eigenvalue weighted by atomic mass is 32.1. The maximum atomic E-state index is 11.8. The number of carbonyl (C=O) groups excluding carboxylic acids is 1. The third-order valence-electron chi connectivity index (χ3n) is 3.85. The Hall–Kier alpha value is -2.99. The van der Waals surface area contributed by atoms with E-state index in [1.165, 1.54) is 7.11 Å². The first-order valence-corrected chi connectivity index (χ1v) is 8.89. The molecule has 1 aromatic heterocycles. The molecule has 3 aromatic rings. The van der Waals surface area contributed by atoms with Crippen molar-refractivity contribution in [3.63, 3.8) is 0 Å². The van der Waals surface area contributed by atoms with Gasteiger partial charge in [-0.2, -0.15) is 5.10 Å². The van der Waals surface area contributed by atoms with Crippen molar-refractivity contribution in [3.05, 3.63) is 70.6 Å². The summed E-state index contributed by atoms with van der Waals surface area (Å²) < 4.78 is 4.81. The number of anilines is 1. The van der Waals surface area contributed by atoms with E-state index in [4.69, 9.17) is 9.72 Å². The summed E-state index contributed by atoms with van der Waals surface area (Å²) in [6, 6.07) is 17.3. The van der Waals surface area contributed by atoms with Crippen LogP contribution in [0.1, 0.15) is 20.8 Å². The number of benzene rings is 2. The zero-order valence-electron chi connectivity index (χ0n) is 14.8. The SMILES string of the molecule is COC(=O)c1ccccc1/C=N/N(C)c1nc(-c2ccccc2)c(C)s1. The van der Waals surface area contributed by atoms with E-state index in [1.54, 1.807) is 34.7 Å². The quantitative estimate of drug-likeness (QED) is 0.383. The molecule has 0 aliphatic heterocycles. The Bertz CT molecular complexity index is 935. The fourth-order valence-electron chi connectivity index (χ4n) is 2.49. The van der Waals surface area contributed by atoms with Crippen LogP contribution < -0.4 is 5.01 Å². The van der Waals surface area contributed by atoms with Crippen LogP contribution in [0.3, 0.4) is 0 Å². The summed E-state index contributed by atoms with van der Waals surface area (Å²) in [4.78, 5) is 17.7. The first kappa shape index (κ1) is 17.8. The maximum absolute atomic E-state index is 11.8. The van der Waals surface area contributed by atoms with Crippen molar-refractivity contribution < 1.29 is 9.53 Å². The monoisotopic (exact) mass is 365 g/mol. The molecule has 3 rings (SSSR count). The normalized spacial score (nSPS) is 10.9. The second kappa shape index (κ2) is 7.93. The second-order valence-electron chi connectivity index (χ2n) is 5.61. The number of hydrogen-bond acceptors (Lipinski definition) is 6. The maximum Gasteiger partial charge on any atom is 0.338 e. The first-order valence-electron chi connectivity index (χ1n) is 8.08. The summed E-state index contributed by atoms with van der Waals surface area (Å²) in [5.74, 6) is -0.383. The number of aryl methyl sites for hydroxylation is 1. The van der Waals surface area contributed by atoms with Gasteiger partial charge in [-0.25, -0.2) is 14.8 Å². The number of carbonyl (C=O) groups is 1. The molecule has 0 atom stereocenters. The number of hydrazone groups is 1. The van der Waals surface area contributed by atoms with Gasteiger partial charge >= 0.3 is 5.97 Å². The van der Waals surface area contributed by atoms with Crippen molar-refractivity contribution in [2.24, 2.45) is 5.10 Å². The summed E-state index contributed by atoms with van der Waals surface area (Å²) in [7, 11) is 3.20. The Kier molecular flexibility index (Phi) is 5.43. The van der Waals surface area contributed by atoms with Crippen molar-refractivity contribution in [1.82, 2.24) is 4.98 Å². The molecular formula is C20H19N3O2S. The lowest BCUT2D eigenvalue weighted by Gasteiger charge is -2.09. The fraction of sp³-hybridized carbons (Fsp3) is 0.150. The highest BCUT2D eigenvalue weighted by molar-refractivity contribution is 7.16. The molecule has 2 aromatic carbocycles. The standard InChI is InChI=1S/C20H19N3O2S/c1-14-18(15-9-5-4-6-10-15)22-20(26-14)23(2)21-13-16-11-7-8-12-17(16)19(24)25-3/h4-13H,1-3H3/b21-13+. The van der Waals surface area contributed by atoms with E-state index in [-0.39, 0.29) is 5.97 Å². The smallest absolute Gasteiger partial charge is 0.338 e. The van der Waals surface area contributed by atoms with Gasteiger partial charge in [0.1, 0.15) is 0 Å². The Morgan fingerprint density at radius 3 is 2.58 bits per heavy atom. The van der Waals surface area contributed by atoms with Crippen LogP contribution in [0.15, 0.2) is 59.7 Å². The summed E-state index contributed by atoms with van der Waals surface area (Å²) in [5, 5.41) is 6.93. The van der Waals surface area contributed by atoms with Crippen molar-refractivity contribution in [3.8, 4) is 11.3 Å². The molecule has 0 unspecified atom stereocenters. The Morgan fingerprint density at radius 2 is 1.85 bits per heavy atom. The van der Waals surface area contributed by atoms with Crippen molar-refractivity contribution in [2.75, 3.05) is 19.2 Å². The van der Waals surface area contributed by atoms with Gasteiger partial charge in [-0.1, -0.05) is 59.9 Å². The van der Waals surface area contributed by atoms with E-state index >= 15 is 0 Å². The third-order valence-corrected chi connectivity index (χ3v) is 4.88. The molecule has 0 aliphatic carbocycles. The Labute approximate surface area is 156 Å². The minimum Gasteiger partial charge on any atom is -0.465 e. The van der Waals surface area contributed by atoms with Gasteiger partial charge in [0.05, 0.1) is 24.6 Å². The number of methoxy groups -OCH3 is 1. The van der Waals surface area contributed by atoms with Gasteiger partial charge in [0, 0.05) is 23.1 Å². The van der Waals surface area contributed by atoms with E-state index in [1.807, 2.05) is 56.4 Å². The van der Waals surface area contributed by atoms with Crippen molar-refractivity contribution >= 4 is 28.7 Å². The molecule has 1 heterocycles. The van der Waals surface area contributed by atoms with E-state index in [2.05, 4.69) is 5.10 Å².